The zero-order valence-corrected chi connectivity index (χ0v) is 11.2. The summed E-state index contributed by atoms with van der Waals surface area (Å²) in [6.45, 7) is 2.37. The van der Waals surface area contributed by atoms with Crippen LogP contribution in [0.3, 0.4) is 0 Å². The van der Waals surface area contributed by atoms with Gasteiger partial charge < -0.3 is 14.3 Å². The van der Waals surface area contributed by atoms with E-state index in [-0.39, 0.29) is 16.7 Å². The smallest absolute Gasteiger partial charge is 0.371 e. The van der Waals surface area contributed by atoms with E-state index in [2.05, 4.69) is 4.72 Å². The van der Waals surface area contributed by atoms with E-state index in [0.717, 1.165) is 12.5 Å². The molecule has 106 valence electrons. The first kappa shape index (κ1) is 14.0. The van der Waals surface area contributed by atoms with Crippen LogP contribution in [0.4, 0.5) is 0 Å². The predicted molar refractivity (Wildman–Crippen MR) is 64.6 cm³/mol. The first-order chi connectivity index (χ1) is 8.90. The standard InChI is InChI=1S/C11H15NO6S/c1-7-10(5-9(18-7)11(13)14)19(15,16)12-8-3-2-4-17-6-8/h5,8,12H,2-4,6H2,1H3,(H,13,14). The zero-order chi connectivity index (χ0) is 14.0. The number of carboxylic acid groups (broad SMARTS) is 1. The summed E-state index contributed by atoms with van der Waals surface area (Å²) in [5.41, 5.74) is 0. The van der Waals surface area contributed by atoms with Crippen molar-refractivity contribution < 1.29 is 27.5 Å². The molecule has 0 spiro atoms. The molecule has 1 saturated heterocycles. The van der Waals surface area contributed by atoms with Crippen LogP contribution >= 0.6 is 0 Å². The van der Waals surface area contributed by atoms with E-state index >= 15 is 0 Å². The van der Waals surface area contributed by atoms with Crippen LogP contribution in [0, 0.1) is 6.92 Å². The molecule has 1 aliphatic rings. The van der Waals surface area contributed by atoms with Crippen LogP contribution in [0.2, 0.25) is 0 Å². The van der Waals surface area contributed by atoms with Crippen molar-refractivity contribution in [2.24, 2.45) is 0 Å². The Labute approximate surface area is 110 Å². The highest BCUT2D eigenvalue weighted by atomic mass is 32.2. The fourth-order valence-electron chi connectivity index (χ4n) is 1.95. The van der Waals surface area contributed by atoms with Crippen LogP contribution in [-0.4, -0.2) is 38.7 Å². The highest BCUT2D eigenvalue weighted by molar-refractivity contribution is 7.89. The van der Waals surface area contributed by atoms with E-state index in [1.54, 1.807) is 0 Å². The average Bonchev–Trinajstić information content (AvgIpc) is 2.73. The third-order valence-corrected chi connectivity index (χ3v) is 4.48. The quantitative estimate of drug-likeness (QED) is 0.847. The molecule has 0 aliphatic carbocycles. The molecule has 19 heavy (non-hydrogen) atoms. The van der Waals surface area contributed by atoms with E-state index in [1.165, 1.54) is 6.92 Å². The van der Waals surface area contributed by atoms with Crippen molar-refractivity contribution in [3.8, 4) is 0 Å². The van der Waals surface area contributed by atoms with Crippen molar-refractivity contribution in [2.75, 3.05) is 13.2 Å². The second-order valence-corrected chi connectivity index (χ2v) is 6.05. The Kier molecular flexibility index (Phi) is 3.93. The Hall–Kier alpha value is -1.38. The molecule has 0 saturated carbocycles. The van der Waals surface area contributed by atoms with Gasteiger partial charge in [0.2, 0.25) is 15.8 Å². The van der Waals surface area contributed by atoms with Gasteiger partial charge in [0.25, 0.3) is 0 Å². The van der Waals surface area contributed by atoms with Crippen molar-refractivity contribution in [3.05, 3.63) is 17.6 Å². The molecule has 2 rings (SSSR count). The SMILES string of the molecule is Cc1oc(C(=O)O)cc1S(=O)(=O)NC1CCCOC1. The summed E-state index contributed by atoms with van der Waals surface area (Å²) in [6.07, 6.45) is 1.49. The number of aryl methyl sites for hydroxylation is 1. The number of ether oxygens (including phenoxy) is 1. The van der Waals surface area contributed by atoms with Gasteiger partial charge in [0.05, 0.1) is 6.61 Å². The summed E-state index contributed by atoms with van der Waals surface area (Å²) in [7, 11) is -3.79. The number of sulfonamides is 1. The molecule has 1 aliphatic heterocycles. The minimum absolute atomic E-state index is 0.0571. The number of nitrogens with one attached hydrogen (secondary N) is 1. The van der Waals surface area contributed by atoms with Gasteiger partial charge in [0.1, 0.15) is 10.7 Å². The fraction of sp³-hybridized carbons (Fsp3) is 0.545. The maximum Gasteiger partial charge on any atom is 0.371 e. The molecule has 7 nitrogen and oxygen atoms in total. The first-order valence-electron chi connectivity index (χ1n) is 5.84. The molecule has 2 heterocycles. The van der Waals surface area contributed by atoms with Crippen molar-refractivity contribution in [1.82, 2.24) is 4.72 Å². The molecule has 0 radical (unpaired) electrons. The van der Waals surface area contributed by atoms with Crippen molar-refractivity contribution >= 4 is 16.0 Å². The van der Waals surface area contributed by atoms with Gasteiger partial charge >= 0.3 is 5.97 Å². The molecule has 8 heteroatoms. The van der Waals surface area contributed by atoms with Crippen molar-refractivity contribution in [2.45, 2.75) is 30.7 Å². The van der Waals surface area contributed by atoms with Gasteiger partial charge in [-0.1, -0.05) is 0 Å². The lowest BCUT2D eigenvalue weighted by Gasteiger charge is -2.22. The van der Waals surface area contributed by atoms with E-state index < -0.39 is 21.8 Å². The van der Waals surface area contributed by atoms with Crippen molar-refractivity contribution in [1.29, 1.82) is 0 Å². The summed E-state index contributed by atoms with van der Waals surface area (Å²) in [5.74, 6) is -1.63. The van der Waals surface area contributed by atoms with Crippen LogP contribution in [0.25, 0.3) is 0 Å². The Morgan fingerprint density at radius 2 is 2.26 bits per heavy atom. The highest BCUT2D eigenvalue weighted by Gasteiger charge is 2.27. The summed E-state index contributed by atoms with van der Waals surface area (Å²) < 4.78 is 36.9. The molecule has 0 bridgehead atoms. The maximum absolute atomic E-state index is 12.1. The Bertz CT molecular complexity index is 570. The number of hydrogen-bond donors (Lipinski definition) is 2. The normalized spacial score (nSPS) is 20.4. The number of aromatic carboxylic acids is 1. The number of furan rings is 1. The van der Waals surface area contributed by atoms with E-state index in [9.17, 15) is 13.2 Å². The van der Waals surface area contributed by atoms with Gasteiger partial charge in [-0.05, 0) is 19.8 Å². The topological polar surface area (TPSA) is 106 Å². The minimum atomic E-state index is -3.79. The van der Waals surface area contributed by atoms with Crippen LogP contribution < -0.4 is 4.72 Å². The van der Waals surface area contributed by atoms with Crippen LogP contribution in [0.15, 0.2) is 15.4 Å². The lowest BCUT2D eigenvalue weighted by molar-refractivity contribution is 0.0661. The zero-order valence-electron chi connectivity index (χ0n) is 10.4. The molecule has 1 fully saturated rings. The summed E-state index contributed by atoms with van der Waals surface area (Å²) >= 11 is 0. The minimum Gasteiger partial charge on any atom is -0.475 e. The molecule has 1 unspecified atom stereocenters. The maximum atomic E-state index is 12.1. The van der Waals surface area contributed by atoms with Gasteiger partial charge in [0, 0.05) is 18.7 Å². The number of carbonyl (C=O) groups is 1. The van der Waals surface area contributed by atoms with Gasteiger partial charge in [-0.15, -0.1) is 0 Å². The molecule has 0 amide bonds. The second kappa shape index (κ2) is 5.32. The monoisotopic (exact) mass is 289 g/mol. The molecular formula is C11H15NO6S. The van der Waals surface area contributed by atoms with Gasteiger partial charge in [-0.3, -0.25) is 0 Å². The van der Waals surface area contributed by atoms with E-state index in [4.69, 9.17) is 14.3 Å². The number of rotatable bonds is 4. The predicted octanol–water partition coefficient (Wildman–Crippen LogP) is 0.744. The highest BCUT2D eigenvalue weighted by Crippen LogP contribution is 2.21. The van der Waals surface area contributed by atoms with E-state index in [1.807, 2.05) is 0 Å². The lowest BCUT2D eigenvalue weighted by atomic mass is 10.1. The molecular weight excluding hydrogens is 274 g/mol. The largest absolute Gasteiger partial charge is 0.475 e. The molecule has 2 N–H and O–H groups in total. The lowest BCUT2D eigenvalue weighted by Crippen LogP contribution is -2.40. The Morgan fingerprint density at radius 1 is 1.53 bits per heavy atom. The molecule has 0 aromatic carbocycles. The molecule has 1 aromatic rings. The van der Waals surface area contributed by atoms with Crippen LogP contribution in [0.5, 0.6) is 0 Å². The second-order valence-electron chi connectivity index (χ2n) is 4.37. The summed E-state index contributed by atoms with van der Waals surface area (Å²) in [5, 5.41) is 8.78. The Balaban J connectivity index is 2.21. The van der Waals surface area contributed by atoms with Gasteiger partial charge in [-0.2, -0.15) is 0 Å². The fourth-order valence-corrected chi connectivity index (χ4v) is 3.39. The van der Waals surface area contributed by atoms with Crippen LogP contribution in [-0.2, 0) is 14.8 Å². The summed E-state index contributed by atoms with van der Waals surface area (Å²) in [4.78, 5) is 10.6. The number of carboxylic acids is 1. The number of hydrogen-bond acceptors (Lipinski definition) is 5. The van der Waals surface area contributed by atoms with Gasteiger partial charge in [0.15, 0.2) is 0 Å². The average molecular weight is 289 g/mol. The first-order valence-corrected chi connectivity index (χ1v) is 7.32. The van der Waals surface area contributed by atoms with E-state index in [0.29, 0.717) is 19.6 Å². The van der Waals surface area contributed by atoms with Gasteiger partial charge in [-0.25, -0.2) is 17.9 Å². The van der Waals surface area contributed by atoms with Crippen LogP contribution in [0.1, 0.15) is 29.2 Å². The molecule has 1 aromatic heterocycles. The Morgan fingerprint density at radius 3 is 2.79 bits per heavy atom. The van der Waals surface area contributed by atoms with Crippen molar-refractivity contribution in [3.63, 3.8) is 0 Å². The third kappa shape index (κ3) is 3.14. The third-order valence-electron chi connectivity index (χ3n) is 2.85. The summed E-state index contributed by atoms with van der Waals surface area (Å²) in [6, 6.07) is 0.727. The molecule has 1 atom stereocenters.